The number of rotatable bonds is 6. The van der Waals surface area contributed by atoms with Crippen LogP contribution in [0.4, 0.5) is 4.39 Å². The summed E-state index contributed by atoms with van der Waals surface area (Å²) in [6.45, 7) is 6.50. The quantitative estimate of drug-likeness (QED) is 0.501. The Hall–Kier alpha value is -1.37. The average Bonchev–Trinajstić information content (AvgIpc) is 2.69. The number of benzene rings is 1. The molecular weight excluding hydrogens is 319 g/mol. The van der Waals surface area contributed by atoms with Crippen LogP contribution in [0.15, 0.2) is 48.6 Å². The van der Waals surface area contributed by atoms with Gasteiger partial charge in [-0.15, -0.1) is 0 Å². The van der Waals surface area contributed by atoms with Crippen molar-refractivity contribution in [1.82, 2.24) is 0 Å². The second-order valence-corrected chi connectivity index (χ2v) is 8.38. The summed E-state index contributed by atoms with van der Waals surface area (Å²) < 4.78 is 16.4. The summed E-state index contributed by atoms with van der Waals surface area (Å²) in [6.07, 6.45) is 16.8. The molecule has 2 aliphatic rings. The third kappa shape index (κ3) is 3.30. The monoisotopic (exact) mass is 354 g/mol. The first-order valence-electron chi connectivity index (χ1n) is 10.7. The molecule has 1 saturated carbocycles. The third-order valence-corrected chi connectivity index (χ3v) is 7.07. The molecule has 0 aromatic heterocycles. The SMILES string of the molecule is CCCc1ccc([C@]2(C3CCC(CC)CC3)C=CC=C[C@@]2(F)CC)cc1. The van der Waals surface area contributed by atoms with Gasteiger partial charge in [0.2, 0.25) is 0 Å². The lowest BCUT2D eigenvalue weighted by Gasteiger charge is -2.51. The van der Waals surface area contributed by atoms with Gasteiger partial charge in [-0.3, -0.25) is 0 Å². The Morgan fingerprint density at radius 2 is 1.58 bits per heavy atom. The molecule has 1 aromatic rings. The van der Waals surface area contributed by atoms with E-state index in [1.807, 2.05) is 19.1 Å². The molecular formula is C25H35F. The largest absolute Gasteiger partial charge is 0.238 e. The van der Waals surface area contributed by atoms with Crippen molar-refractivity contribution in [3.63, 3.8) is 0 Å². The highest BCUT2D eigenvalue weighted by Gasteiger charge is 2.54. The Balaban J connectivity index is 2.02. The van der Waals surface area contributed by atoms with Gasteiger partial charge in [-0.25, -0.2) is 4.39 Å². The zero-order valence-electron chi connectivity index (χ0n) is 16.8. The lowest BCUT2D eigenvalue weighted by Crippen LogP contribution is -2.52. The van der Waals surface area contributed by atoms with Gasteiger partial charge in [0.15, 0.2) is 0 Å². The molecule has 142 valence electrons. The van der Waals surface area contributed by atoms with Gasteiger partial charge in [0.05, 0.1) is 5.41 Å². The van der Waals surface area contributed by atoms with Crippen LogP contribution in [0, 0.1) is 11.8 Å². The highest BCUT2D eigenvalue weighted by Crippen LogP contribution is 2.54. The van der Waals surface area contributed by atoms with Crippen LogP contribution in [0.25, 0.3) is 0 Å². The van der Waals surface area contributed by atoms with Crippen molar-refractivity contribution >= 4 is 0 Å². The predicted molar refractivity (Wildman–Crippen MR) is 110 cm³/mol. The fourth-order valence-electron chi connectivity index (χ4n) is 5.41. The second-order valence-electron chi connectivity index (χ2n) is 8.38. The van der Waals surface area contributed by atoms with Gasteiger partial charge in [0.1, 0.15) is 5.67 Å². The Morgan fingerprint density at radius 1 is 0.923 bits per heavy atom. The first-order valence-corrected chi connectivity index (χ1v) is 10.7. The van der Waals surface area contributed by atoms with Crippen LogP contribution in [0.2, 0.25) is 0 Å². The van der Waals surface area contributed by atoms with Crippen LogP contribution in [0.5, 0.6) is 0 Å². The summed E-state index contributed by atoms with van der Waals surface area (Å²) in [6, 6.07) is 8.87. The molecule has 0 amide bonds. The zero-order valence-corrected chi connectivity index (χ0v) is 16.8. The molecule has 26 heavy (non-hydrogen) atoms. The van der Waals surface area contributed by atoms with Crippen molar-refractivity contribution in [3.8, 4) is 0 Å². The Labute approximate surface area is 159 Å². The number of halogens is 1. The first-order chi connectivity index (χ1) is 12.6. The summed E-state index contributed by atoms with van der Waals surface area (Å²) >= 11 is 0. The molecule has 1 fully saturated rings. The Bertz CT molecular complexity index is 633. The molecule has 0 N–H and O–H groups in total. The number of hydrogen-bond acceptors (Lipinski definition) is 0. The Kier molecular flexibility index (Phi) is 6.05. The highest BCUT2D eigenvalue weighted by atomic mass is 19.1. The summed E-state index contributed by atoms with van der Waals surface area (Å²) in [5, 5.41) is 0. The summed E-state index contributed by atoms with van der Waals surface area (Å²) in [5.74, 6) is 1.21. The summed E-state index contributed by atoms with van der Waals surface area (Å²) in [4.78, 5) is 0. The molecule has 0 spiro atoms. The Morgan fingerprint density at radius 3 is 2.15 bits per heavy atom. The molecule has 0 saturated heterocycles. The summed E-state index contributed by atoms with van der Waals surface area (Å²) in [5.41, 5.74) is 0.720. The first kappa shape index (κ1) is 19.4. The molecule has 0 bridgehead atoms. The minimum Gasteiger partial charge on any atom is -0.238 e. The van der Waals surface area contributed by atoms with Gasteiger partial charge in [-0.1, -0.05) is 88.9 Å². The molecule has 0 aliphatic heterocycles. The van der Waals surface area contributed by atoms with E-state index in [9.17, 15) is 0 Å². The maximum Gasteiger partial charge on any atom is 0.142 e. The molecule has 1 aromatic carbocycles. The van der Waals surface area contributed by atoms with E-state index < -0.39 is 11.1 Å². The van der Waals surface area contributed by atoms with Gasteiger partial charge >= 0.3 is 0 Å². The predicted octanol–water partition coefficient (Wildman–Crippen LogP) is 7.34. The fraction of sp³-hybridized carbons (Fsp3) is 0.600. The number of alkyl halides is 1. The lowest BCUT2D eigenvalue weighted by atomic mass is 9.54. The molecule has 2 aliphatic carbocycles. The minimum absolute atomic E-state index is 0.383. The van der Waals surface area contributed by atoms with Gasteiger partial charge in [0.25, 0.3) is 0 Å². The van der Waals surface area contributed by atoms with Crippen molar-refractivity contribution in [2.24, 2.45) is 11.8 Å². The van der Waals surface area contributed by atoms with Crippen molar-refractivity contribution in [3.05, 3.63) is 59.7 Å². The van der Waals surface area contributed by atoms with Crippen LogP contribution in [0.1, 0.15) is 76.8 Å². The van der Waals surface area contributed by atoms with Gasteiger partial charge < -0.3 is 0 Å². The lowest BCUT2D eigenvalue weighted by molar-refractivity contribution is 0.0539. The van der Waals surface area contributed by atoms with Crippen molar-refractivity contribution < 1.29 is 4.39 Å². The van der Waals surface area contributed by atoms with Crippen molar-refractivity contribution in [1.29, 1.82) is 0 Å². The minimum atomic E-state index is -1.29. The van der Waals surface area contributed by atoms with Gasteiger partial charge in [-0.05, 0) is 54.7 Å². The van der Waals surface area contributed by atoms with Gasteiger partial charge in [0, 0.05) is 0 Å². The zero-order chi connectivity index (χ0) is 18.6. The summed E-state index contributed by atoms with van der Waals surface area (Å²) in [7, 11) is 0. The van der Waals surface area contributed by atoms with Crippen molar-refractivity contribution in [2.45, 2.75) is 83.2 Å². The molecule has 2 atom stereocenters. The molecule has 0 nitrogen and oxygen atoms in total. The standard InChI is InChI=1S/C25H35F/c1-4-9-21-12-16-23(17-13-21)25(19-8-7-18-24(25,26)6-3)22-14-10-20(5-2)11-15-22/h7-8,12-13,16-20,22H,4-6,9-11,14-15H2,1-3H3/t20?,22?,24-,25+/m0/s1. The normalized spacial score (nSPS) is 34.2. The van der Waals surface area contributed by atoms with Crippen LogP contribution in [-0.4, -0.2) is 5.67 Å². The maximum absolute atomic E-state index is 16.4. The highest BCUT2D eigenvalue weighted by molar-refractivity contribution is 5.45. The molecule has 1 heteroatoms. The van der Waals surface area contributed by atoms with E-state index in [2.05, 4.69) is 50.3 Å². The van der Waals surface area contributed by atoms with Crippen LogP contribution < -0.4 is 0 Å². The molecule has 0 unspecified atom stereocenters. The topological polar surface area (TPSA) is 0 Å². The second kappa shape index (κ2) is 8.11. The molecule has 0 heterocycles. The van der Waals surface area contributed by atoms with E-state index in [-0.39, 0.29) is 0 Å². The van der Waals surface area contributed by atoms with E-state index >= 15 is 4.39 Å². The number of allylic oxidation sites excluding steroid dienone is 4. The molecule has 3 rings (SSSR count). The van der Waals surface area contributed by atoms with Crippen LogP contribution in [-0.2, 0) is 11.8 Å². The third-order valence-electron chi connectivity index (χ3n) is 7.07. The van der Waals surface area contributed by atoms with E-state index in [4.69, 9.17) is 0 Å². The smallest absolute Gasteiger partial charge is 0.142 e. The molecule has 0 radical (unpaired) electrons. The average molecular weight is 355 g/mol. The van der Waals surface area contributed by atoms with Crippen molar-refractivity contribution in [2.75, 3.05) is 0 Å². The maximum atomic E-state index is 16.4. The van der Waals surface area contributed by atoms with Gasteiger partial charge in [-0.2, -0.15) is 0 Å². The number of hydrogen-bond donors (Lipinski definition) is 0. The van der Waals surface area contributed by atoms with Crippen LogP contribution >= 0.6 is 0 Å². The van der Waals surface area contributed by atoms with Crippen LogP contribution in [0.3, 0.4) is 0 Å². The van der Waals surface area contributed by atoms with E-state index in [0.717, 1.165) is 31.6 Å². The van der Waals surface area contributed by atoms with E-state index in [1.54, 1.807) is 0 Å². The van der Waals surface area contributed by atoms with E-state index in [1.165, 1.54) is 30.4 Å². The fourth-order valence-corrected chi connectivity index (χ4v) is 5.41. The number of aryl methyl sites for hydroxylation is 1. The van der Waals surface area contributed by atoms with E-state index in [0.29, 0.717) is 12.3 Å².